The molecule has 1 aromatic carbocycles. The van der Waals surface area contributed by atoms with Crippen molar-refractivity contribution in [2.75, 3.05) is 6.54 Å². The molecule has 0 fully saturated rings. The van der Waals surface area contributed by atoms with Crippen LogP contribution < -0.4 is 5.73 Å². The number of rotatable bonds is 5. The normalized spacial score (nSPS) is 11.4. The lowest BCUT2D eigenvalue weighted by Crippen LogP contribution is -2.09. The van der Waals surface area contributed by atoms with Gasteiger partial charge in [-0.25, -0.2) is 4.98 Å². The van der Waals surface area contributed by atoms with Crippen LogP contribution in [0.25, 0.3) is 11.0 Å². The van der Waals surface area contributed by atoms with E-state index in [1.165, 1.54) is 0 Å². The highest BCUT2D eigenvalue weighted by Gasteiger charge is 2.15. The molecule has 2 N–H and O–H groups in total. The first-order valence-electron chi connectivity index (χ1n) is 7.26. The number of hydrogen-bond donors (Lipinski definition) is 1. The summed E-state index contributed by atoms with van der Waals surface area (Å²) in [6.07, 6.45) is 1.82. The lowest BCUT2D eigenvalue weighted by atomic mass is 10.2. The van der Waals surface area contributed by atoms with Crippen LogP contribution in [0.15, 0.2) is 28.8 Å². The van der Waals surface area contributed by atoms with Gasteiger partial charge in [0.1, 0.15) is 11.6 Å². The van der Waals surface area contributed by atoms with Crippen LogP contribution in [0.2, 0.25) is 0 Å². The van der Waals surface area contributed by atoms with E-state index in [1.807, 2.05) is 32.0 Å². The van der Waals surface area contributed by atoms with E-state index in [4.69, 9.17) is 15.2 Å². The summed E-state index contributed by atoms with van der Waals surface area (Å²) in [6.45, 7) is 5.34. The van der Waals surface area contributed by atoms with Gasteiger partial charge in [-0.1, -0.05) is 17.3 Å². The maximum atomic E-state index is 5.64. The molecule has 2 aromatic heterocycles. The van der Waals surface area contributed by atoms with Crippen LogP contribution >= 0.6 is 0 Å². The number of benzene rings is 1. The number of fused-ring (bicyclic) bond motifs is 1. The van der Waals surface area contributed by atoms with Gasteiger partial charge in [0.2, 0.25) is 0 Å². The van der Waals surface area contributed by atoms with Crippen LogP contribution in [-0.4, -0.2) is 21.3 Å². The first-order valence-corrected chi connectivity index (χ1v) is 7.26. The van der Waals surface area contributed by atoms with Crippen molar-refractivity contribution in [1.29, 1.82) is 0 Å². The molecule has 2 heterocycles. The summed E-state index contributed by atoms with van der Waals surface area (Å²) in [7, 11) is 0. The molecule has 0 amide bonds. The summed E-state index contributed by atoms with van der Waals surface area (Å²) in [4.78, 5) is 4.75. The van der Waals surface area contributed by atoms with Gasteiger partial charge in [-0.3, -0.25) is 0 Å². The minimum atomic E-state index is 0.675. The molecule has 0 radical (unpaired) electrons. The van der Waals surface area contributed by atoms with Gasteiger partial charge >= 0.3 is 0 Å². The SMILES string of the molecule is Cc1noc(C)c1Cn1c(CCCN)nc2ccccc21. The van der Waals surface area contributed by atoms with Crippen molar-refractivity contribution in [2.45, 2.75) is 33.2 Å². The number of para-hydroxylation sites is 2. The van der Waals surface area contributed by atoms with Crippen molar-refractivity contribution in [1.82, 2.24) is 14.7 Å². The van der Waals surface area contributed by atoms with E-state index in [2.05, 4.69) is 15.8 Å². The maximum absolute atomic E-state index is 5.64. The highest BCUT2D eigenvalue weighted by Crippen LogP contribution is 2.21. The number of nitrogens with zero attached hydrogens (tertiary/aromatic N) is 3. The molecule has 110 valence electrons. The van der Waals surface area contributed by atoms with Crippen molar-refractivity contribution < 1.29 is 4.52 Å². The summed E-state index contributed by atoms with van der Waals surface area (Å²) in [6, 6.07) is 8.21. The van der Waals surface area contributed by atoms with Crippen molar-refractivity contribution in [3.8, 4) is 0 Å². The smallest absolute Gasteiger partial charge is 0.138 e. The molecule has 0 aliphatic heterocycles. The van der Waals surface area contributed by atoms with Gasteiger partial charge in [0.15, 0.2) is 0 Å². The average Bonchev–Trinajstić information content (AvgIpc) is 3.00. The molecule has 21 heavy (non-hydrogen) atoms. The third-order valence-electron chi connectivity index (χ3n) is 3.84. The van der Waals surface area contributed by atoms with Crippen LogP contribution in [0.1, 0.15) is 29.3 Å². The number of hydrogen-bond acceptors (Lipinski definition) is 4. The van der Waals surface area contributed by atoms with Crippen molar-refractivity contribution in [3.05, 3.63) is 47.1 Å². The Hall–Kier alpha value is -2.14. The summed E-state index contributed by atoms with van der Waals surface area (Å²) in [5.74, 6) is 1.94. The molecule has 0 spiro atoms. The summed E-state index contributed by atoms with van der Waals surface area (Å²) < 4.78 is 7.52. The Morgan fingerprint density at radius 1 is 1.24 bits per heavy atom. The van der Waals surface area contributed by atoms with Gasteiger partial charge in [-0.05, 0) is 38.9 Å². The third kappa shape index (κ3) is 2.56. The molecule has 0 saturated heterocycles. The Bertz CT molecular complexity index is 737. The van der Waals surface area contributed by atoms with E-state index in [0.717, 1.165) is 53.3 Å². The van der Waals surface area contributed by atoms with E-state index in [1.54, 1.807) is 0 Å². The van der Waals surface area contributed by atoms with Gasteiger partial charge < -0.3 is 14.8 Å². The Labute approximate surface area is 123 Å². The largest absolute Gasteiger partial charge is 0.361 e. The fourth-order valence-electron chi connectivity index (χ4n) is 2.64. The predicted octanol–water partition coefficient (Wildman–Crippen LogP) is 2.58. The molecule has 5 heteroatoms. The molecule has 0 unspecified atom stereocenters. The zero-order chi connectivity index (χ0) is 14.8. The van der Waals surface area contributed by atoms with Gasteiger partial charge in [-0.2, -0.15) is 0 Å². The van der Waals surface area contributed by atoms with E-state index in [-0.39, 0.29) is 0 Å². The second-order valence-corrected chi connectivity index (χ2v) is 5.30. The van der Waals surface area contributed by atoms with E-state index < -0.39 is 0 Å². The Morgan fingerprint density at radius 3 is 2.76 bits per heavy atom. The molecule has 0 atom stereocenters. The average molecular weight is 284 g/mol. The van der Waals surface area contributed by atoms with E-state index in [9.17, 15) is 0 Å². The molecular formula is C16H20N4O. The minimum Gasteiger partial charge on any atom is -0.361 e. The quantitative estimate of drug-likeness (QED) is 0.781. The Kier molecular flexibility index (Phi) is 3.75. The monoisotopic (exact) mass is 284 g/mol. The first kappa shape index (κ1) is 13.8. The number of nitrogens with two attached hydrogens (primary N) is 1. The fourth-order valence-corrected chi connectivity index (χ4v) is 2.64. The lowest BCUT2D eigenvalue weighted by Gasteiger charge is -2.08. The second-order valence-electron chi connectivity index (χ2n) is 5.30. The number of imidazole rings is 1. The highest BCUT2D eigenvalue weighted by molar-refractivity contribution is 5.76. The van der Waals surface area contributed by atoms with E-state index in [0.29, 0.717) is 6.54 Å². The molecular weight excluding hydrogens is 264 g/mol. The summed E-state index contributed by atoms with van der Waals surface area (Å²) in [5, 5.41) is 4.04. The van der Waals surface area contributed by atoms with Gasteiger partial charge in [0, 0.05) is 12.0 Å². The Balaban J connectivity index is 2.06. The molecule has 3 rings (SSSR count). The third-order valence-corrected chi connectivity index (χ3v) is 3.84. The topological polar surface area (TPSA) is 69.9 Å². The van der Waals surface area contributed by atoms with Crippen LogP contribution in [0.5, 0.6) is 0 Å². The molecule has 0 saturated carbocycles. The summed E-state index contributed by atoms with van der Waals surface area (Å²) in [5.41, 5.74) is 9.88. The molecule has 0 aliphatic carbocycles. The van der Waals surface area contributed by atoms with Gasteiger partial charge in [0.25, 0.3) is 0 Å². The lowest BCUT2D eigenvalue weighted by molar-refractivity contribution is 0.392. The van der Waals surface area contributed by atoms with Crippen LogP contribution in [0.4, 0.5) is 0 Å². The molecule has 0 bridgehead atoms. The zero-order valence-electron chi connectivity index (χ0n) is 12.5. The standard InChI is InChI=1S/C16H20N4O/c1-11-13(12(2)21-19-11)10-20-15-7-4-3-6-14(15)18-16(20)8-5-9-17/h3-4,6-7H,5,8-10,17H2,1-2H3. The fraction of sp³-hybridized carbons (Fsp3) is 0.375. The Morgan fingerprint density at radius 2 is 2.05 bits per heavy atom. The number of aromatic nitrogens is 3. The van der Waals surface area contributed by atoms with Crippen LogP contribution in [-0.2, 0) is 13.0 Å². The van der Waals surface area contributed by atoms with Crippen molar-refractivity contribution in [2.24, 2.45) is 5.73 Å². The first-order chi connectivity index (χ1) is 10.2. The molecule has 3 aromatic rings. The predicted molar refractivity (Wildman–Crippen MR) is 82.2 cm³/mol. The minimum absolute atomic E-state index is 0.675. The van der Waals surface area contributed by atoms with Crippen LogP contribution in [0, 0.1) is 13.8 Å². The van der Waals surface area contributed by atoms with E-state index >= 15 is 0 Å². The summed E-state index contributed by atoms with van der Waals surface area (Å²) >= 11 is 0. The van der Waals surface area contributed by atoms with Crippen LogP contribution in [0.3, 0.4) is 0 Å². The van der Waals surface area contributed by atoms with Gasteiger partial charge in [0.05, 0.1) is 23.3 Å². The number of aryl methyl sites for hydroxylation is 3. The zero-order valence-corrected chi connectivity index (χ0v) is 12.5. The van der Waals surface area contributed by atoms with Crippen molar-refractivity contribution >= 4 is 11.0 Å². The van der Waals surface area contributed by atoms with Gasteiger partial charge in [-0.15, -0.1) is 0 Å². The molecule has 0 aliphatic rings. The van der Waals surface area contributed by atoms with Crippen molar-refractivity contribution in [3.63, 3.8) is 0 Å². The maximum Gasteiger partial charge on any atom is 0.138 e. The highest BCUT2D eigenvalue weighted by atomic mass is 16.5. The second kappa shape index (κ2) is 5.69. The molecule has 5 nitrogen and oxygen atoms in total.